The molecule has 0 saturated carbocycles. The van der Waals surface area contributed by atoms with Gasteiger partial charge in [-0.1, -0.05) is 11.6 Å². The van der Waals surface area contributed by atoms with E-state index in [1.54, 1.807) is 7.11 Å². The second-order valence-electron chi connectivity index (χ2n) is 5.79. The Kier molecular flexibility index (Phi) is 8.49. The summed E-state index contributed by atoms with van der Waals surface area (Å²) < 4.78 is 17.0. The standard InChI is InChI=1S/C15H30O3/c1-12(2)8-9-17-11-14(18-13(3)4)10-15(5,6)16-7/h8,13-14H,9-11H2,1-7H3. The van der Waals surface area contributed by atoms with Gasteiger partial charge >= 0.3 is 0 Å². The summed E-state index contributed by atoms with van der Waals surface area (Å²) in [7, 11) is 1.73. The van der Waals surface area contributed by atoms with Crippen LogP contribution in [0.1, 0.15) is 48.0 Å². The highest BCUT2D eigenvalue weighted by atomic mass is 16.5. The molecule has 0 aliphatic carbocycles. The van der Waals surface area contributed by atoms with Crippen molar-refractivity contribution in [1.29, 1.82) is 0 Å². The summed E-state index contributed by atoms with van der Waals surface area (Å²) in [5.74, 6) is 0. The first-order chi connectivity index (χ1) is 8.26. The number of allylic oxidation sites excluding steroid dienone is 1. The van der Waals surface area contributed by atoms with Crippen molar-refractivity contribution < 1.29 is 14.2 Å². The van der Waals surface area contributed by atoms with E-state index in [1.165, 1.54) is 5.57 Å². The van der Waals surface area contributed by atoms with Gasteiger partial charge in [0.05, 0.1) is 31.0 Å². The Balaban J connectivity index is 4.19. The maximum Gasteiger partial charge on any atom is 0.0839 e. The lowest BCUT2D eigenvalue weighted by molar-refractivity contribution is -0.0874. The Labute approximate surface area is 112 Å². The van der Waals surface area contributed by atoms with Gasteiger partial charge in [-0.05, 0) is 41.5 Å². The molecule has 3 nitrogen and oxygen atoms in total. The van der Waals surface area contributed by atoms with Gasteiger partial charge in [-0.2, -0.15) is 0 Å². The van der Waals surface area contributed by atoms with Gasteiger partial charge in [0, 0.05) is 13.5 Å². The second kappa shape index (κ2) is 8.68. The van der Waals surface area contributed by atoms with E-state index in [0.29, 0.717) is 13.2 Å². The molecule has 0 aromatic rings. The minimum absolute atomic E-state index is 0.0745. The lowest BCUT2D eigenvalue weighted by Crippen LogP contribution is -2.34. The van der Waals surface area contributed by atoms with Crippen LogP contribution in [0.5, 0.6) is 0 Å². The Morgan fingerprint density at radius 1 is 1.22 bits per heavy atom. The smallest absolute Gasteiger partial charge is 0.0839 e. The maximum absolute atomic E-state index is 5.87. The molecule has 0 aromatic heterocycles. The lowest BCUT2D eigenvalue weighted by Gasteiger charge is -2.29. The van der Waals surface area contributed by atoms with Gasteiger partial charge in [0.25, 0.3) is 0 Å². The van der Waals surface area contributed by atoms with Crippen LogP contribution in [0.15, 0.2) is 11.6 Å². The van der Waals surface area contributed by atoms with Gasteiger partial charge in [0.2, 0.25) is 0 Å². The highest BCUT2D eigenvalue weighted by molar-refractivity contribution is 4.92. The number of ether oxygens (including phenoxy) is 3. The van der Waals surface area contributed by atoms with Crippen molar-refractivity contribution in [2.24, 2.45) is 0 Å². The van der Waals surface area contributed by atoms with Crippen molar-refractivity contribution in [3.63, 3.8) is 0 Å². The molecule has 108 valence electrons. The van der Waals surface area contributed by atoms with Crippen LogP contribution >= 0.6 is 0 Å². The number of rotatable bonds is 9. The summed E-state index contributed by atoms with van der Waals surface area (Å²) in [5.41, 5.74) is 1.09. The highest BCUT2D eigenvalue weighted by Gasteiger charge is 2.24. The summed E-state index contributed by atoms with van der Waals surface area (Å²) in [6.45, 7) is 13.6. The molecule has 0 rings (SSSR count). The molecule has 0 aliphatic heterocycles. The van der Waals surface area contributed by atoms with Gasteiger partial charge in [0.1, 0.15) is 0 Å². The topological polar surface area (TPSA) is 27.7 Å². The predicted molar refractivity (Wildman–Crippen MR) is 76.0 cm³/mol. The van der Waals surface area contributed by atoms with Crippen LogP contribution in [0.25, 0.3) is 0 Å². The highest BCUT2D eigenvalue weighted by Crippen LogP contribution is 2.19. The molecule has 0 aromatic carbocycles. The molecule has 0 heterocycles. The minimum atomic E-state index is -0.181. The summed E-state index contributed by atoms with van der Waals surface area (Å²) in [6, 6.07) is 0. The minimum Gasteiger partial charge on any atom is -0.379 e. The van der Waals surface area contributed by atoms with Gasteiger partial charge in [-0.25, -0.2) is 0 Å². The van der Waals surface area contributed by atoms with Gasteiger partial charge in [-0.15, -0.1) is 0 Å². The Bertz CT molecular complexity index is 240. The van der Waals surface area contributed by atoms with E-state index in [-0.39, 0.29) is 17.8 Å². The van der Waals surface area contributed by atoms with E-state index in [1.807, 2.05) is 13.8 Å². The molecular formula is C15H30O3. The van der Waals surface area contributed by atoms with E-state index in [0.717, 1.165) is 6.42 Å². The molecule has 18 heavy (non-hydrogen) atoms. The molecule has 0 fully saturated rings. The number of methoxy groups -OCH3 is 1. The molecular weight excluding hydrogens is 228 g/mol. The first kappa shape index (κ1) is 17.6. The molecule has 0 radical (unpaired) electrons. The predicted octanol–water partition coefficient (Wildman–Crippen LogP) is 3.58. The summed E-state index contributed by atoms with van der Waals surface area (Å²) in [5, 5.41) is 0. The van der Waals surface area contributed by atoms with E-state index in [4.69, 9.17) is 14.2 Å². The molecule has 3 heteroatoms. The third kappa shape index (κ3) is 9.63. The summed E-state index contributed by atoms with van der Waals surface area (Å²) >= 11 is 0. The van der Waals surface area contributed by atoms with Crippen LogP contribution in [-0.4, -0.2) is 38.1 Å². The van der Waals surface area contributed by atoms with Crippen molar-refractivity contribution in [2.75, 3.05) is 20.3 Å². The average molecular weight is 258 g/mol. The van der Waals surface area contributed by atoms with Crippen LogP contribution in [0.3, 0.4) is 0 Å². The molecule has 0 bridgehead atoms. The number of hydrogen-bond donors (Lipinski definition) is 0. The van der Waals surface area contributed by atoms with E-state index in [9.17, 15) is 0 Å². The Hall–Kier alpha value is -0.380. The van der Waals surface area contributed by atoms with Crippen LogP contribution in [-0.2, 0) is 14.2 Å². The molecule has 0 spiro atoms. The maximum atomic E-state index is 5.87. The van der Waals surface area contributed by atoms with Crippen molar-refractivity contribution in [3.8, 4) is 0 Å². The van der Waals surface area contributed by atoms with E-state index >= 15 is 0 Å². The Morgan fingerprint density at radius 3 is 2.28 bits per heavy atom. The van der Waals surface area contributed by atoms with Crippen LogP contribution in [0.2, 0.25) is 0 Å². The fraction of sp³-hybridized carbons (Fsp3) is 0.867. The quantitative estimate of drug-likeness (QED) is 0.467. The average Bonchev–Trinajstić information content (AvgIpc) is 2.22. The normalized spacial score (nSPS) is 13.8. The van der Waals surface area contributed by atoms with E-state index in [2.05, 4.69) is 33.8 Å². The van der Waals surface area contributed by atoms with Gasteiger partial charge in [0.15, 0.2) is 0 Å². The van der Waals surface area contributed by atoms with Gasteiger partial charge in [-0.3, -0.25) is 0 Å². The zero-order valence-electron chi connectivity index (χ0n) is 13.1. The first-order valence-electron chi connectivity index (χ1n) is 6.68. The van der Waals surface area contributed by atoms with Crippen LogP contribution in [0.4, 0.5) is 0 Å². The van der Waals surface area contributed by atoms with Crippen molar-refractivity contribution in [3.05, 3.63) is 11.6 Å². The monoisotopic (exact) mass is 258 g/mol. The molecule has 1 atom stereocenters. The second-order valence-corrected chi connectivity index (χ2v) is 5.79. The zero-order chi connectivity index (χ0) is 14.2. The summed E-state index contributed by atoms with van der Waals surface area (Å²) in [6.07, 6.45) is 3.19. The molecule has 1 unspecified atom stereocenters. The third-order valence-corrected chi connectivity index (χ3v) is 2.65. The Morgan fingerprint density at radius 2 is 1.83 bits per heavy atom. The summed E-state index contributed by atoms with van der Waals surface area (Å²) in [4.78, 5) is 0. The van der Waals surface area contributed by atoms with Crippen LogP contribution < -0.4 is 0 Å². The molecule has 0 aliphatic rings. The van der Waals surface area contributed by atoms with Crippen LogP contribution in [0, 0.1) is 0 Å². The zero-order valence-corrected chi connectivity index (χ0v) is 13.1. The van der Waals surface area contributed by atoms with Crippen molar-refractivity contribution in [1.82, 2.24) is 0 Å². The van der Waals surface area contributed by atoms with Crippen molar-refractivity contribution in [2.45, 2.75) is 65.8 Å². The lowest BCUT2D eigenvalue weighted by atomic mass is 10.0. The molecule has 0 saturated heterocycles. The molecule has 0 amide bonds. The van der Waals surface area contributed by atoms with E-state index < -0.39 is 0 Å². The largest absolute Gasteiger partial charge is 0.379 e. The van der Waals surface area contributed by atoms with Crippen molar-refractivity contribution >= 4 is 0 Å². The number of hydrogen-bond acceptors (Lipinski definition) is 3. The first-order valence-corrected chi connectivity index (χ1v) is 6.68. The fourth-order valence-electron chi connectivity index (χ4n) is 1.59. The molecule has 0 N–H and O–H groups in total. The SMILES string of the molecule is COC(C)(C)CC(COCC=C(C)C)OC(C)C. The fourth-order valence-corrected chi connectivity index (χ4v) is 1.59. The van der Waals surface area contributed by atoms with Gasteiger partial charge < -0.3 is 14.2 Å². The third-order valence-electron chi connectivity index (χ3n) is 2.65.